The number of hydrogen-bond acceptors (Lipinski definition) is 1. The van der Waals surface area contributed by atoms with E-state index in [9.17, 15) is 5.11 Å². The Bertz CT molecular complexity index is 473. The Morgan fingerprint density at radius 2 is 1.47 bits per heavy atom. The SMILES string of the molecule is CCCCCc1ccc(C(O)c2ccccc2)cc1. The Hall–Kier alpha value is -1.60. The summed E-state index contributed by atoms with van der Waals surface area (Å²) in [7, 11) is 0. The number of aryl methyl sites for hydroxylation is 1. The standard InChI is InChI=1S/C18H22O/c1-2-3-5-8-15-11-13-17(14-12-15)18(19)16-9-6-4-7-10-16/h4,6-7,9-14,18-19H,2-3,5,8H2,1H3. The van der Waals surface area contributed by atoms with Gasteiger partial charge in [0.1, 0.15) is 6.10 Å². The molecule has 1 heteroatoms. The zero-order valence-corrected chi connectivity index (χ0v) is 11.5. The molecule has 0 aliphatic heterocycles. The summed E-state index contributed by atoms with van der Waals surface area (Å²) in [4.78, 5) is 0. The van der Waals surface area contributed by atoms with Gasteiger partial charge < -0.3 is 5.11 Å². The monoisotopic (exact) mass is 254 g/mol. The van der Waals surface area contributed by atoms with E-state index < -0.39 is 6.10 Å². The van der Waals surface area contributed by atoms with Crippen molar-refractivity contribution in [2.24, 2.45) is 0 Å². The average molecular weight is 254 g/mol. The van der Waals surface area contributed by atoms with Gasteiger partial charge in [0, 0.05) is 0 Å². The molecule has 0 aromatic heterocycles. The third kappa shape index (κ3) is 3.93. The molecule has 100 valence electrons. The molecule has 2 rings (SSSR count). The summed E-state index contributed by atoms with van der Waals surface area (Å²) in [6.07, 6.45) is 4.40. The molecule has 0 spiro atoms. The summed E-state index contributed by atoms with van der Waals surface area (Å²) in [6, 6.07) is 18.1. The van der Waals surface area contributed by atoms with Gasteiger partial charge in [-0.25, -0.2) is 0 Å². The van der Waals surface area contributed by atoms with Crippen LogP contribution in [0.4, 0.5) is 0 Å². The van der Waals surface area contributed by atoms with Crippen molar-refractivity contribution in [2.45, 2.75) is 38.7 Å². The van der Waals surface area contributed by atoms with Crippen molar-refractivity contribution in [3.63, 3.8) is 0 Å². The maximum Gasteiger partial charge on any atom is 0.104 e. The van der Waals surface area contributed by atoms with Gasteiger partial charge in [0.2, 0.25) is 0 Å². The Morgan fingerprint density at radius 1 is 0.842 bits per heavy atom. The molecule has 0 saturated heterocycles. The van der Waals surface area contributed by atoms with Crippen LogP contribution in [0.25, 0.3) is 0 Å². The van der Waals surface area contributed by atoms with Crippen molar-refractivity contribution >= 4 is 0 Å². The first-order valence-electron chi connectivity index (χ1n) is 7.13. The number of hydrogen-bond donors (Lipinski definition) is 1. The Kier molecular flexibility index (Phi) is 5.17. The van der Waals surface area contributed by atoms with Gasteiger partial charge in [-0.3, -0.25) is 0 Å². The lowest BCUT2D eigenvalue weighted by molar-refractivity contribution is 0.220. The van der Waals surface area contributed by atoms with Crippen LogP contribution >= 0.6 is 0 Å². The number of aliphatic hydroxyl groups is 1. The molecular weight excluding hydrogens is 232 g/mol. The fraction of sp³-hybridized carbons (Fsp3) is 0.333. The average Bonchev–Trinajstić information content (AvgIpc) is 2.48. The van der Waals surface area contributed by atoms with Gasteiger partial charge in [-0.1, -0.05) is 74.4 Å². The highest BCUT2D eigenvalue weighted by Crippen LogP contribution is 2.22. The zero-order chi connectivity index (χ0) is 13.5. The predicted octanol–water partition coefficient (Wildman–Crippen LogP) is 4.50. The minimum atomic E-state index is -0.522. The van der Waals surface area contributed by atoms with Crippen LogP contribution in [0.15, 0.2) is 54.6 Å². The van der Waals surface area contributed by atoms with E-state index in [4.69, 9.17) is 0 Å². The van der Waals surface area contributed by atoms with E-state index in [2.05, 4.69) is 19.1 Å². The summed E-state index contributed by atoms with van der Waals surface area (Å²) in [5.41, 5.74) is 3.27. The molecule has 19 heavy (non-hydrogen) atoms. The van der Waals surface area contributed by atoms with Gasteiger partial charge in [-0.2, -0.15) is 0 Å². The van der Waals surface area contributed by atoms with Crippen molar-refractivity contribution in [1.82, 2.24) is 0 Å². The summed E-state index contributed by atoms with van der Waals surface area (Å²) in [5, 5.41) is 10.3. The second kappa shape index (κ2) is 7.10. The minimum Gasteiger partial charge on any atom is -0.384 e. The van der Waals surface area contributed by atoms with E-state index in [1.54, 1.807) is 0 Å². The number of aliphatic hydroxyl groups excluding tert-OH is 1. The first-order valence-corrected chi connectivity index (χ1v) is 7.13. The van der Waals surface area contributed by atoms with E-state index in [1.165, 1.54) is 24.8 Å². The predicted molar refractivity (Wildman–Crippen MR) is 80.2 cm³/mol. The molecule has 0 heterocycles. The summed E-state index contributed by atoms with van der Waals surface area (Å²) in [6.45, 7) is 2.22. The van der Waals surface area contributed by atoms with E-state index in [0.29, 0.717) is 0 Å². The molecule has 1 N–H and O–H groups in total. The molecule has 0 radical (unpaired) electrons. The molecule has 1 nitrogen and oxygen atoms in total. The molecule has 0 aliphatic carbocycles. The van der Waals surface area contributed by atoms with Crippen LogP contribution in [0.3, 0.4) is 0 Å². The topological polar surface area (TPSA) is 20.2 Å². The first-order chi connectivity index (χ1) is 9.31. The van der Waals surface area contributed by atoms with Crippen LogP contribution in [0, 0.1) is 0 Å². The summed E-state index contributed by atoms with van der Waals surface area (Å²) < 4.78 is 0. The third-order valence-electron chi connectivity index (χ3n) is 3.48. The fourth-order valence-corrected chi connectivity index (χ4v) is 2.27. The van der Waals surface area contributed by atoms with Gasteiger partial charge in [-0.15, -0.1) is 0 Å². The Labute approximate surface area is 115 Å². The van der Waals surface area contributed by atoms with E-state index in [1.807, 2.05) is 42.5 Å². The molecule has 2 aromatic rings. The molecule has 0 aliphatic rings. The number of unbranched alkanes of at least 4 members (excludes halogenated alkanes) is 2. The quantitative estimate of drug-likeness (QED) is 0.752. The molecule has 0 saturated carbocycles. The van der Waals surface area contributed by atoms with Crippen LogP contribution < -0.4 is 0 Å². The van der Waals surface area contributed by atoms with Crippen LogP contribution in [0.2, 0.25) is 0 Å². The highest BCUT2D eigenvalue weighted by Gasteiger charge is 2.09. The van der Waals surface area contributed by atoms with E-state index >= 15 is 0 Å². The van der Waals surface area contributed by atoms with E-state index in [0.717, 1.165) is 17.5 Å². The second-order valence-corrected chi connectivity index (χ2v) is 5.01. The molecule has 1 unspecified atom stereocenters. The lowest BCUT2D eigenvalue weighted by Crippen LogP contribution is -1.99. The Balaban J connectivity index is 2.02. The lowest BCUT2D eigenvalue weighted by Gasteiger charge is -2.12. The summed E-state index contributed by atoms with van der Waals surface area (Å²) >= 11 is 0. The highest BCUT2D eigenvalue weighted by molar-refractivity contribution is 5.31. The van der Waals surface area contributed by atoms with Crippen LogP contribution in [0.1, 0.15) is 49.0 Å². The maximum absolute atomic E-state index is 10.3. The molecule has 1 atom stereocenters. The van der Waals surface area contributed by atoms with Crippen molar-refractivity contribution in [1.29, 1.82) is 0 Å². The minimum absolute atomic E-state index is 0.522. The first kappa shape index (κ1) is 13.8. The molecule has 0 fully saturated rings. The summed E-state index contributed by atoms with van der Waals surface area (Å²) in [5.74, 6) is 0. The van der Waals surface area contributed by atoms with Gasteiger partial charge in [0.25, 0.3) is 0 Å². The van der Waals surface area contributed by atoms with Crippen molar-refractivity contribution in [3.8, 4) is 0 Å². The zero-order valence-electron chi connectivity index (χ0n) is 11.5. The van der Waals surface area contributed by atoms with Crippen molar-refractivity contribution < 1.29 is 5.11 Å². The number of rotatable bonds is 6. The van der Waals surface area contributed by atoms with Gasteiger partial charge in [-0.05, 0) is 29.5 Å². The Morgan fingerprint density at radius 3 is 2.11 bits per heavy atom. The lowest BCUT2D eigenvalue weighted by atomic mass is 9.99. The van der Waals surface area contributed by atoms with Gasteiger partial charge in [0.15, 0.2) is 0 Å². The molecule has 0 amide bonds. The second-order valence-electron chi connectivity index (χ2n) is 5.01. The van der Waals surface area contributed by atoms with Crippen molar-refractivity contribution in [3.05, 3.63) is 71.3 Å². The largest absolute Gasteiger partial charge is 0.384 e. The molecule has 0 bridgehead atoms. The van der Waals surface area contributed by atoms with Gasteiger partial charge in [0.05, 0.1) is 0 Å². The smallest absolute Gasteiger partial charge is 0.104 e. The third-order valence-corrected chi connectivity index (χ3v) is 3.48. The maximum atomic E-state index is 10.3. The fourth-order valence-electron chi connectivity index (χ4n) is 2.27. The van der Waals surface area contributed by atoms with Crippen LogP contribution in [-0.4, -0.2) is 5.11 Å². The van der Waals surface area contributed by atoms with Crippen LogP contribution in [-0.2, 0) is 6.42 Å². The molecule has 2 aromatic carbocycles. The van der Waals surface area contributed by atoms with Crippen LogP contribution in [0.5, 0.6) is 0 Å². The number of benzene rings is 2. The van der Waals surface area contributed by atoms with E-state index in [-0.39, 0.29) is 0 Å². The molecular formula is C18H22O. The normalized spacial score (nSPS) is 12.3. The highest BCUT2D eigenvalue weighted by atomic mass is 16.3. The van der Waals surface area contributed by atoms with Crippen molar-refractivity contribution in [2.75, 3.05) is 0 Å². The van der Waals surface area contributed by atoms with Gasteiger partial charge >= 0.3 is 0 Å².